The zero-order valence-corrected chi connectivity index (χ0v) is 18.4. The quantitative estimate of drug-likeness (QED) is 0.362. The van der Waals surface area contributed by atoms with E-state index < -0.39 is 11.9 Å². The number of rotatable bonds is 6. The minimum absolute atomic E-state index is 0.190. The molecule has 2 N–H and O–H groups in total. The summed E-state index contributed by atoms with van der Waals surface area (Å²) in [7, 11) is 0. The summed E-state index contributed by atoms with van der Waals surface area (Å²) in [5.74, 6) is -0.272. The van der Waals surface area contributed by atoms with Gasteiger partial charge in [-0.25, -0.2) is 4.79 Å². The van der Waals surface area contributed by atoms with Gasteiger partial charge in [0.15, 0.2) is 0 Å². The van der Waals surface area contributed by atoms with Gasteiger partial charge in [0, 0.05) is 0 Å². The van der Waals surface area contributed by atoms with Gasteiger partial charge in [-0.3, -0.25) is 14.9 Å². The predicted molar refractivity (Wildman–Crippen MR) is 129 cm³/mol. The van der Waals surface area contributed by atoms with Crippen LogP contribution in [0.4, 0.5) is 4.79 Å². The molecule has 1 fully saturated rings. The fourth-order valence-electron chi connectivity index (χ4n) is 3.14. The molecule has 0 atom stereocenters. The largest absolute Gasteiger partial charge is 0.478 e. The minimum atomic E-state index is -1.01. The van der Waals surface area contributed by atoms with Crippen LogP contribution in [0, 0.1) is 6.92 Å². The summed E-state index contributed by atoms with van der Waals surface area (Å²) in [6.07, 6.45) is 3.28. The molecule has 1 saturated heterocycles. The van der Waals surface area contributed by atoms with Crippen LogP contribution in [0.15, 0.2) is 77.7 Å². The standard InChI is InChI=1S/C26H19NO5S/c1-16-2-4-17(5-3-16)14-22(25(29)30)19-8-12-21(13-9-19)32-20-10-6-18(7-11-20)15-23-24(28)27-26(31)33-23/h2-15H,1H3,(H,29,30)(H,27,28,31)/b22-14+,23-15-. The third kappa shape index (κ3) is 5.58. The maximum Gasteiger partial charge on any atom is 0.336 e. The van der Waals surface area contributed by atoms with Gasteiger partial charge in [0.1, 0.15) is 11.5 Å². The molecular weight excluding hydrogens is 438 g/mol. The van der Waals surface area contributed by atoms with Gasteiger partial charge in [0.25, 0.3) is 11.1 Å². The average molecular weight is 458 g/mol. The van der Waals surface area contributed by atoms with Crippen molar-refractivity contribution in [3.8, 4) is 11.5 Å². The maximum absolute atomic E-state index is 11.8. The van der Waals surface area contributed by atoms with Crippen molar-refractivity contribution in [2.24, 2.45) is 0 Å². The van der Waals surface area contributed by atoms with E-state index in [1.165, 1.54) is 0 Å². The van der Waals surface area contributed by atoms with Crippen LogP contribution in [0.5, 0.6) is 11.5 Å². The molecule has 0 spiro atoms. The second-order valence-electron chi connectivity index (χ2n) is 7.32. The van der Waals surface area contributed by atoms with Crippen LogP contribution >= 0.6 is 11.8 Å². The number of nitrogens with one attached hydrogen (secondary N) is 1. The van der Waals surface area contributed by atoms with Crippen LogP contribution in [0.3, 0.4) is 0 Å². The van der Waals surface area contributed by atoms with E-state index in [2.05, 4.69) is 5.32 Å². The lowest BCUT2D eigenvalue weighted by molar-refractivity contribution is -0.130. The molecule has 3 aromatic rings. The number of hydrogen-bond donors (Lipinski definition) is 2. The summed E-state index contributed by atoms with van der Waals surface area (Å²) < 4.78 is 5.84. The second-order valence-corrected chi connectivity index (χ2v) is 8.34. The molecule has 0 saturated carbocycles. The van der Waals surface area contributed by atoms with Crippen LogP contribution in [0.25, 0.3) is 17.7 Å². The van der Waals surface area contributed by atoms with Gasteiger partial charge in [0.05, 0.1) is 10.5 Å². The number of carbonyl (C=O) groups excluding carboxylic acids is 2. The molecule has 0 radical (unpaired) electrons. The number of carboxylic acids is 1. The zero-order chi connectivity index (χ0) is 23.4. The number of hydrogen-bond acceptors (Lipinski definition) is 5. The van der Waals surface area contributed by atoms with E-state index in [4.69, 9.17) is 4.74 Å². The first-order valence-electron chi connectivity index (χ1n) is 10.0. The number of carbonyl (C=O) groups is 3. The first kappa shape index (κ1) is 22.1. The van der Waals surface area contributed by atoms with Gasteiger partial charge in [-0.1, -0.05) is 54.1 Å². The molecule has 164 valence electrons. The van der Waals surface area contributed by atoms with Gasteiger partial charge in [-0.05, 0) is 71.8 Å². The molecule has 0 aromatic heterocycles. The van der Waals surface area contributed by atoms with Gasteiger partial charge in [-0.2, -0.15) is 0 Å². The SMILES string of the molecule is Cc1ccc(/C=C(/C(=O)O)c2ccc(Oc3ccc(/C=C4\SC(=O)NC4=O)cc3)cc2)cc1. The Morgan fingerprint density at radius 2 is 1.45 bits per heavy atom. The van der Waals surface area contributed by atoms with E-state index in [-0.39, 0.29) is 10.8 Å². The molecule has 7 heteroatoms. The number of aliphatic carboxylic acids is 1. The highest BCUT2D eigenvalue weighted by molar-refractivity contribution is 8.18. The highest BCUT2D eigenvalue weighted by atomic mass is 32.2. The third-order valence-electron chi connectivity index (χ3n) is 4.84. The van der Waals surface area contributed by atoms with Crippen molar-refractivity contribution >= 4 is 46.6 Å². The molecule has 0 bridgehead atoms. The Balaban J connectivity index is 1.47. The molecule has 1 aliphatic rings. The number of ether oxygens (including phenoxy) is 1. The lowest BCUT2D eigenvalue weighted by Gasteiger charge is -2.08. The number of amides is 2. The van der Waals surface area contributed by atoms with Crippen molar-refractivity contribution in [2.45, 2.75) is 6.92 Å². The molecule has 6 nitrogen and oxygen atoms in total. The Morgan fingerprint density at radius 1 is 0.879 bits per heavy atom. The molecule has 0 unspecified atom stereocenters. The molecular formula is C26H19NO5S. The molecule has 1 aliphatic heterocycles. The number of benzene rings is 3. The molecule has 33 heavy (non-hydrogen) atoms. The maximum atomic E-state index is 11.8. The van der Waals surface area contributed by atoms with Crippen LogP contribution < -0.4 is 10.1 Å². The van der Waals surface area contributed by atoms with Gasteiger partial charge in [0.2, 0.25) is 0 Å². The van der Waals surface area contributed by atoms with Crippen LogP contribution in [0.2, 0.25) is 0 Å². The van der Waals surface area contributed by atoms with Gasteiger partial charge in [-0.15, -0.1) is 0 Å². The number of aryl methyl sites for hydroxylation is 1. The first-order valence-corrected chi connectivity index (χ1v) is 10.8. The summed E-state index contributed by atoms with van der Waals surface area (Å²) in [6, 6.07) is 21.5. The topological polar surface area (TPSA) is 92.7 Å². The first-order chi connectivity index (χ1) is 15.9. The predicted octanol–water partition coefficient (Wildman–Crippen LogP) is 5.74. The fourth-order valence-corrected chi connectivity index (χ4v) is 3.82. The normalized spacial score (nSPS) is 14.9. The van der Waals surface area contributed by atoms with E-state index >= 15 is 0 Å². The van der Waals surface area contributed by atoms with E-state index in [0.29, 0.717) is 22.0 Å². The summed E-state index contributed by atoms with van der Waals surface area (Å²) in [4.78, 5) is 35.0. The summed E-state index contributed by atoms with van der Waals surface area (Å²) >= 11 is 0.866. The Bertz CT molecular complexity index is 1270. The van der Waals surface area contributed by atoms with E-state index in [9.17, 15) is 19.5 Å². The molecule has 4 rings (SSSR count). The van der Waals surface area contributed by atoms with E-state index in [1.54, 1.807) is 60.7 Å². The monoisotopic (exact) mass is 457 g/mol. The Kier molecular flexibility index (Phi) is 6.42. The van der Waals surface area contributed by atoms with Crippen LogP contribution in [0.1, 0.15) is 22.3 Å². The van der Waals surface area contributed by atoms with Crippen molar-refractivity contribution in [3.05, 3.63) is 100.0 Å². The van der Waals surface area contributed by atoms with Crippen LogP contribution in [-0.4, -0.2) is 22.2 Å². The fraction of sp³-hybridized carbons (Fsp3) is 0.0385. The van der Waals surface area contributed by atoms with Gasteiger partial charge >= 0.3 is 5.97 Å². The summed E-state index contributed by atoms with van der Waals surface area (Å²) in [5.41, 5.74) is 3.44. The third-order valence-corrected chi connectivity index (χ3v) is 5.65. The average Bonchev–Trinajstić information content (AvgIpc) is 3.11. The second kappa shape index (κ2) is 9.58. The highest BCUT2D eigenvalue weighted by Crippen LogP contribution is 2.28. The van der Waals surface area contributed by atoms with Crippen molar-refractivity contribution in [3.63, 3.8) is 0 Å². The smallest absolute Gasteiger partial charge is 0.336 e. The Morgan fingerprint density at radius 3 is 2.00 bits per heavy atom. The molecule has 3 aromatic carbocycles. The van der Waals surface area contributed by atoms with Crippen molar-refractivity contribution in [1.29, 1.82) is 0 Å². The molecule has 0 aliphatic carbocycles. The molecule has 1 heterocycles. The number of thioether (sulfide) groups is 1. The Hall–Kier alpha value is -4.10. The Labute approximate surface area is 194 Å². The molecule has 2 amide bonds. The summed E-state index contributed by atoms with van der Waals surface area (Å²) in [6.45, 7) is 1.98. The highest BCUT2D eigenvalue weighted by Gasteiger charge is 2.24. The van der Waals surface area contributed by atoms with E-state index in [1.807, 2.05) is 31.2 Å². The lowest BCUT2D eigenvalue weighted by atomic mass is 10.0. The zero-order valence-electron chi connectivity index (χ0n) is 17.6. The minimum Gasteiger partial charge on any atom is -0.478 e. The van der Waals surface area contributed by atoms with Crippen molar-refractivity contribution < 1.29 is 24.2 Å². The number of imide groups is 1. The van der Waals surface area contributed by atoms with Crippen LogP contribution in [-0.2, 0) is 9.59 Å². The van der Waals surface area contributed by atoms with Crippen molar-refractivity contribution in [2.75, 3.05) is 0 Å². The lowest BCUT2D eigenvalue weighted by Crippen LogP contribution is -2.17. The van der Waals surface area contributed by atoms with Crippen molar-refractivity contribution in [1.82, 2.24) is 5.32 Å². The van der Waals surface area contributed by atoms with E-state index in [0.717, 1.165) is 28.5 Å². The number of carboxylic acid groups (broad SMARTS) is 1. The van der Waals surface area contributed by atoms with Gasteiger partial charge < -0.3 is 9.84 Å². The summed E-state index contributed by atoms with van der Waals surface area (Å²) in [5, 5.41) is 11.5.